The Hall–Kier alpha value is -2.94. The second kappa shape index (κ2) is 4.93. The van der Waals surface area contributed by atoms with Crippen molar-refractivity contribution in [3.8, 4) is 6.07 Å². The van der Waals surface area contributed by atoms with E-state index in [4.69, 9.17) is 5.26 Å². The molecule has 1 N–H and O–H groups in total. The summed E-state index contributed by atoms with van der Waals surface area (Å²) in [5, 5.41) is 19.3. The molecule has 0 unspecified atom stereocenters. The Balaban J connectivity index is 2.22. The maximum Gasteiger partial charge on any atom is 0.347 e. The first-order valence-electron chi connectivity index (χ1n) is 5.06. The van der Waals surface area contributed by atoms with Gasteiger partial charge >= 0.3 is 5.82 Å². The Morgan fingerprint density at radius 2 is 2.06 bits per heavy atom. The van der Waals surface area contributed by atoms with Crippen LogP contribution in [0.4, 0.5) is 5.82 Å². The van der Waals surface area contributed by atoms with Gasteiger partial charge in [-0.05, 0) is 28.7 Å². The number of nitrogens with zero attached hydrogens (tertiary/aromatic N) is 3. The van der Waals surface area contributed by atoms with E-state index in [1.54, 1.807) is 36.4 Å². The summed E-state index contributed by atoms with van der Waals surface area (Å²) in [7, 11) is 0. The second-order valence-corrected chi connectivity index (χ2v) is 3.46. The number of nitro groups is 1. The van der Waals surface area contributed by atoms with E-state index in [1.165, 1.54) is 6.33 Å². The third kappa shape index (κ3) is 2.41. The largest absolute Gasteiger partial charge is 0.358 e. The smallest absolute Gasteiger partial charge is 0.347 e. The van der Waals surface area contributed by atoms with Gasteiger partial charge in [0.05, 0.1) is 11.6 Å². The zero-order chi connectivity index (χ0) is 13.0. The fourth-order valence-corrected chi connectivity index (χ4v) is 1.41. The molecule has 6 heteroatoms. The molecular weight excluding hydrogens is 232 g/mol. The van der Waals surface area contributed by atoms with Crippen molar-refractivity contribution in [1.29, 1.82) is 5.26 Å². The van der Waals surface area contributed by atoms with Crippen LogP contribution in [0.5, 0.6) is 0 Å². The molecule has 0 aliphatic heterocycles. The quantitative estimate of drug-likeness (QED) is 0.657. The molecule has 0 radical (unpaired) electrons. The lowest BCUT2D eigenvalue weighted by Crippen LogP contribution is -1.89. The van der Waals surface area contributed by atoms with Gasteiger partial charge in [0.2, 0.25) is 0 Å². The SMILES string of the molecule is N#Cc1ccc(/C=C/c2nc[nH]c2[N+](=O)[O-])cc1. The maximum absolute atomic E-state index is 10.6. The summed E-state index contributed by atoms with van der Waals surface area (Å²) in [5.41, 5.74) is 1.67. The predicted octanol–water partition coefficient (Wildman–Crippen LogP) is 2.36. The molecule has 0 aliphatic carbocycles. The van der Waals surface area contributed by atoms with E-state index < -0.39 is 4.92 Å². The Labute approximate surface area is 102 Å². The highest BCUT2D eigenvalue weighted by molar-refractivity contribution is 5.71. The molecule has 88 valence electrons. The average Bonchev–Trinajstić information content (AvgIpc) is 2.85. The molecule has 0 spiro atoms. The van der Waals surface area contributed by atoms with Gasteiger partial charge in [0.15, 0.2) is 12.0 Å². The summed E-state index contributed by atoms with van der Waals surface area (Å²) in [5.74, 6) is -0.139. The van der Waals surface area contributed by atoms with Crippen LogP contribution >= 0.6 is 0 Å². The second-order valence-electron chi connectivity index (χ2n) is 3.46. The fraction of sp³-hybridized carbons (Fsp3) is 0. The number of imidazole rings is 1. The molecule has 0 amide bonds. The summed E-state index contributed by atoms with van der Waals surface area (Å²) < 4.78 is 0. The predicted molar refractivity (Wildman–Crippen MR) is 65.3 cm³/mol. The van der Waals surface area contributed by atoms with Crippen LogP contribution in [0.2, 0.25) is 0 Å². The lowest BCUT2D eigenvalue weighted by molar-refractivity contribution is -0.389. The van der Waals surface area contributed by atoms with Crippen LogP contribution in [0, 0.1) is 21.4 Å². The van der Waals surface area contributed by atoms with Crippen molar-refractivity contribution in [2.75, 3.05) is 0 Å². The number of hydrogen-bond donors (Lipinski definition) is 1. The first-order chi connectivity index (χ1) is 8.70. The van der Waals surface area contributed by atoms with Crippen molar-refractivity contribution < 1.29 is 4.92 Å². The molecular formula is C12H8N4O2. The van der Waals surface area contributed by atoms with Gasteiger partial charge < -0.3 is 10.1 Å². The van der Waals surface area contributed by atoms with Crippen molar-refractivity contribution >= 4 is 18.0 Å². The highest BCUT2D eigenvalue weighted by atomic mass is 16.6. The molecule has 0 saturated heterocycles. The average molecular weight is 240 g/mol. The van der Waals surface area contributed by atoms with E-state index >= 15 is 0 Å². The molecule has 1 heterocycles. The minimum Gasteiger partial charge on any atom is -0.358 e. The monoisotopic (exact) mass is 240 g/mol. The highest BCUT2D eigenvalue weighted by Crippen LogP contribution is 2.15. The number of aromatic amines is 1. The summed E-state index contributed by atoms with van der Waals surface area (Å²) in [4.78, 5) is 16.4. The van der Waals surface area contributed by atoms with E-state index in [1.807, 2.05) is 6.07 Å². The molecule has 0 saturated carbocycles. The van der Waals surface area contributed by atoms with Gasteiger partial charge in [0, 0.05) is 0 Å². The van der Waals surface area contributed by atoms with E-state index in [0.29, 0.717) is 5.56 Å². The minimum atomic E-state index is -0.522. The zero-order valence-electron chi connectivity index (χ0n) is 9.20. The standard InChI is InChI=1S/C12H8N4O2/c13-7-10-3-1-9(2-4-10)5-6-11-12(16(17)18)15-8-14-11/h1-6,8H,(H,14,15)/b6-5+. The maximum atomic E-state index is 10.6. The number of H-pyrrole nitrogens is 1. The van der Waals surface area contributed by atoms with Crippen molar-refractivity contribution in [2.45, 2.75) is 0 Å². The molecule has 18 heavy (non-hydrogen) atoms. The van der Waals surface area contributed by atoms with E-state index in [0.717, 1.165) is 5.56 Å². The van der Waals surface area contributed by atoms with E-state index in [2.05, 4.69) is 9.97 Å². The molecule has 0 fully saturated rings. The number of hydrogen-bond acceptors (Lipinski definition) is 4. The molecule has 0 atom stereocenters. The minimum absolute atomic E-state index is 0.139. The van der Waals surface area contributed by atoms with Crippen molar-refractivity contribution in [1.82, 2.24) is 9.97 Å². The van der Waals surface area contributed by atoms with Crippen LogP contribution < -0.4 is 0 Å². The van der Waals surface area contributed by atoms with Crippen LogP contribution in [0.3, 0.4) is 0 Å². The van der Waals surface area contributed by atoms with Gasteiger partial charge in [-0.2, -0.15) is 5.26 Å². The summed E-state index contributed by atoms with van der Waals surface area (Å²) in [6.07, 6.45) is 4.52. The van der Waals surface area contributed by atoms with Gasteiger partial charge in [-0.15, -0.1) is 0 Å². The van der Waals surface area contributed by atoms with Crippen LogP contribution in [0.1, 0.15) is 16.8 Å². The summed E-state index contributed by atoms with van der Waals surface area (Å²) in [6.45, 7) is 0. The number of nitrogens with one attached hydrogen (secondary N) is 1. The molecule has 0 aliphatic rings. The molecule has 0 bridgehead atoms. The topological polar surface area (TPSA) is 95.6 Å². The van der Waals surface area contributed by atoms with Gasteiger partial charge in [-0.3, -0.25) is 0 Å². The van der Waals surface area contributed by atoms with Gasteiger partial charge in [-0.1, -0.05) is 18.2 Å². The van der Waals surface area contributed by atoms with Crippen LogP contribution in [-0.2, 0) is 0 Å². The highest BCUT2D eigenvalue weighted by Gasteiger charge is 2.11. The Morgan fingerprint density at radius 3 is 2.67 bits per heavy atom. The number of aromatic nitrogens is 2. The van der Waals surface area contributed by atoms with Crippen LogP contribution in [0.25, 0.3) is 12.2 Å². The molecule has 1 aromatic carbocycles. The Kier molecular flexibility index (Phi) is 3.16. The molecule has 2 rings (SSSR count). The summed E-state index contributed by atoms with van der Waals surface area (Å²) >= 11 is 0. The number of rotatable bonds is 3. The number of nitriles is 1. The lowest BCUT2D eigenvalue weighted by atomic mass is 10.1. The Morgan fingerprint density at radius 1 is 1.33 bits per heavy atom. The zero-order valence-corrected chi connectivity index (χ0v) is 9.20. The van der Waals surface area contributed by atoms with Crippen molar-refractivity contribution in [2.24, 2.45) is 0 Å². The first kappa shape index (κ1) is 11.5. The molecule has 2 aromatic rings. The Bertz CT molecular complexity index is 635. The first-order valence-corrected chi connectivity index (χ1v) is 5.06. The third-order valence-electron chi connectivity index (χ3n) is 2.30. The van der Waals surface area contributed by atoms with Gasteiger partial charge in [-0.25, -0.2) is 9.97 Å². The normalized spacial score (nSPS) is 10.4. The van der Waals surface area contributed by atoms with Crippen LogP contribution in [0.15, 0.2) is 30.6 Å². The molecule has 1 aromatic heterocycles. The van der Waals surface area contributed by atoms with Gasteiger partial charge in [0.1, 0.15) is 0 Å². The molecule has 6 nitrogen and oxygen atoms in total. The summed E-state index contributed by atoms with van der Waals surface area (Å²) in [6, 6.07) is 8.89. The number of benzene rings is 1. The van der Waals surface area contributed by atoms with E-state index in [9.17, 15) is 10.1 Å². The fourth-order valence-electron chi connectivity index (χ4n) is 1.41. The third-order valence-corrected chi connectivity index (χ3v) is 2.30. The van der Waals surface area contributed by atoms with Gasteiger partial charge in [0.25, 0.3) is 0 Å². The van der Waals surface area contributed by atoms with Crippen LogP contribution in [-0.4, -0.2) is 14.9 Å². The lowest BCUT2D eigenvalue weighted by Gasteiger charge is -1.93. The van der Waals surface area contributed by atoms with Crippen molar-refractivity contribution in [3.63, 3.8) is 0 Å². The van der Waals surface area contributed by atoms with E-state index in [-0.39, 0.29) is 11.5 Å². The van der Waals surface area contributed by atoms with Crippen molar-refractivity contribution in [3.05, 3.63) is 57.5 Å².